The van der Waals surface area contributed by atoms with E-state index in [0.717, 1.165) is 78.5 Å². The summed E-state index contributed by atoms with van der Waals surface area (Å²) in [4.78, 5) is 0. The lowest BCUT2D eigenvalue weighted by Crippen LogP contribution is -2.45. The molecule has 3 rings (SSSR count). The van der Waals surface area contributed by atoms with E-state index >= 15 is 0 Å². The maximum Gasteiger partial charge on any atom is 0.0566 e. The first-order valence-electron chi connectivity index (χ1n) is 10.1. The van der Waals surface area contributed by atoms with Gasteiger partial charge >= 0.3 is 0 Å². The molecule has 0 aliphatic carbocycles. The Bertz CT molecular complexity index is 472. The summed E-state index contributed by atoms with van der Waals surface area (Å²) in [6, 6.07) is 8.87. The Kier molecular flexibility index (Phi) is 7.10. The standard InChI is InChI=1S/C22H34O4/c1-3-21(15-25-16-21)13-23-11-9-19-5-7-20(8-6-19)10-12-24-14-22(4-2)17-26-18-22/h5-8H,3-4,9-18H2,1-2H3. The first-order valence-corrected chi connectivity index (χ1v) is 10.1. The van der Waals surface area contributed by atoms with Crippen molar-refractivity contribution >= 4 is 0 Å². The maximum absolute atomic E-state index is 5.89. The summed E-state index contributed by atoms with van der Waals surface area (Å²) >= 11 is 0. The highest BCUT2D eigenvalue weighted by Gasteiger charge is 2.37. The Balaban J connectivity index is 1.29. The summed E-state index contributed by atoms with van der Waals surface area (Å²) < 4.78 is 22.5. The van der Waals surface area contributed by atoms with Gasteiger partial charge < -0.3 is 18.9 Å². The van der Waals surface area contributed by atoms with Crippen molar-refractivity contribution in [3.05, 3.63) is 35.4 Å². The molecule has 0 unspecified atom stereocenters. The molecule has 4 heteroatoms. The highest BCUT2D eigenvalue weighted by molar-refractivity contribution is 5.22. The van der Waals surface area contributed by atoms with Crippen LogP contribution in [-0.2, 0) is 31.8 Å². The predicted octanol–water partition coefficient (Wildman–Crippen LogP) is 3.66. The van der Waals surface area contributed by atoms with Crippen molar-refractivity contribution in [2.45, 2.75) is 39.5 Å². The van der Waals surface area contributed by atoms with Gasteiger partial charge in [-0.1, -0.05) is 38.1 Å². The van der Waals surface area contributed by atoms with Crippen molar-refractivity contribution in [1.82, 2.24) is 0 Å². The molecular formula is C22H34O4. The van der Waals surface area contributed by atoms with Gasteiger partial charge in [0.15, 0.2) is 0 Å². The second kappa shape index (κ2) is 9.32. The molecule has 0 bridgehead atoms. The van der Waals surface area contributed by atoms with Gasteiger partial charge in [-0.05, 0) is 36.8 Å². The highest BCUT2D eigenvalue weighted by Crippen LogP contribution is 2.32. The number of ether oxygens (including phenoxy) is 4. The van der Waals surface area contributed by atoms with Crippen LogP contribution in [0.1, 0.15) is 37.8 Å². The molecule has 0 aromatic heterocycles. The average Bonchev–Trinajstić information content (AvgIpc) is 2.60. The van der Waals surface area contributed by atoms with Crippen LogP contribution in [0.15, 0.2) is 24.3 Å². The van der Waals surface area contributed by atoms with Gasteiger partial charge in [0.25, 0.3) is 0 Å². The van der Waals surface area contributed by atoms with Crippen LogP contribution in [-0.4, -0.2) is 52.9 Å². The van der Waals surface area contributed by atoms with Crippen molar-refractivity contribution in [3.8, 4) is 0 Å². The topological polar surface area (TPSA) is 36.9 Å². The maximum atomic E-state index is 5.89. The minimum atomic E-state index is 0.284. The molecule has 0 saturated carbocycles. The third kappa shape index (κ3) is 5.07. The number of hydrogen-bond donors (Lipinski definition) is 0. The fourth-order valence-electron chi connectivity index (χ4n) is 3.39. The van der Waals surface area contributed by atoms with Crippen LogP contribution < -0.4 is 0 Å². The number of hydrogen-bond acceptors (Lipinski definition) is 4. The van der Waals surface area contributed by atoms with E-state index in [2.05, 4.69) is 38.1 Å². The normalized spacial score (nSPS) is 20.4. The van der Waals surface area contributed by atoms with Gasteiger partial charge in [-0.15, -0.1) is 0 Å². The van der Waals surface area contributed by atoms with Crippen LogP contribution in [0.3, 0.4) is 0 Å². The second-order valence-corrected chi connectivity index (χ2v) is 8.11. The zero-order valence-electron chi connectivity index (χ0n) is 16.4. The largest absolute Gasteiger partial charge is 0.380 e. The molecule has 2 aliphatic heterocycles. The summed E-state index contributed by atoms with van der Waals surface area (Å²) in [5.41, 5.74) is 3.24. The van der Waals surface area contributed by atoms with E-state index in [1.807, 2.05) is 0 Å². The lowest BCUT2D eigenvalue weighted by atomic mass is 9.84. The van der Waals surface area contributed by atoms with Gasteiger partial charge in [0.05, 0.1) is 52.9 Å². The third-order valence-corrected chi connectivity index (χ3v) is 6.04. The number of rotatable bonds is 12. The Morgan fingerprint density at radius 2 is 1.12 bits per heavy atom. The summed E-state index contributed by atoms with van der Waals surface area (Å²) in [7, 11) is 0. The molecule has 2 fully saturated rings. The van der Waals surface area contributed by atoms with Crippen molar-refractivity contribution in [3.63, 3.8) is 0 Å². The van der Waals surface area contributed by atoms with Crippen molar-refractivity contribution in [2.75, 3.05) is 52.9 Å². The third-order valence-electron chi connectivity index (χ3n) is 6.04. The van der Waals surface area contributed by atoms with E-state index in [4.69, 9.17) is 18.9 Å². The van der Waals surface area contributed by atoms with Gasteiger partial charge in [-0.25, -0.2) is 0 Å². The van der Waals surface area contributed by atoms with Crippen molar-refractivity contribution in [2.24, 2.45) is 10.8 Å². The quantitative estimate of drug-likeness (QED) is 0.532. The lowest BCUT2D eigenvalue weighted by Gasteiger charge is -2.40. The Labute approximate surface area is 158 Å². The first-order chi connectivity index (χ1) is 12.7. The minimum absolute atomic E-state index is 0.284. The van der Waals surface area contributed by atoms with Crippen LogP contribution in [0.5, 0.6) is 0 Å². The summed E-state index contributed by atoms with van der Waals surface area (Å²) in [6.07, 6.45) is 4.21. The molecule has 0 atom stereocenters. The van der Waals surface area contributed by atoms with E-state index < -0.39 is 0 Å². The predicted molar refractivity (Wildman–Crippen MR) is 103 cm³/mol. The monoisotopic (exact) mass is 362 g/mol. The fourth-order valence-corrected chi connectivity index (χ4v) is 3.39. The first kappa shape index (κ1) is 19.8. The molecule has 26 heavy (non-hydrogen) atoms. The van der Waals surface area contributed by atoms with Gasteiger partial charge in [0.1, 0.15) is 0 Å². The van der Waals surface area contributed by atoms with Crippen LogP contribution in [0.4, 0.5) is 0 Å². The van der Waals surface area contributed by atoms with Crippen LogP contribution >= 0.6 is 0 Å². The zero-order chi connectivity index (χ0) is 18.3. The SMILES string of the molecule is CCC1(COCCc2ccc(CCOCC3(CC)COC3)cc2)COC1. The smallest absolute Gasteiger partial charge is 0.0566 e. The molecule has 1 aromatic rings. The van der Waals surface area contributed by atoms with Crippen molar-refractivity contribution in [1.29, 1.82) is 0 Å². The summed E-state index contributed by atoms with van der Waals surface area (Å²) in [5, 5.41) is 0. The molecular weight excluding hydrogens is 328 g/mol. The van der Waals surface area contributed by atoms with Crippen LogP contribution in [0, 0.1) is 10.8 Å². The van der Waals surface area contributed by atoms with E-state index in [-0.39, 0.29) is 10.8 Å². The molecule has 146 valence electrons. The second-order valence-electron chi connectivity index (χ2n) is 8.11. The summed E-state index contributed by atoms with van der Waals surface area (Å²) in [5.74, 6) is 0. The van der Waals surface area contributed by atoms with Gasteiger partial charge in [-0.2, -0.15) is 0 Å². The van der Waals surface area contributed by atoms with Crippen LogP contribution in [0.2, 0.25) is 0 Å². The molecule has 2 saturated heterocycles. The van der Waals surface area contributed by atoms with Gasteiger partial charge in [0.2, 0.25) is 0 Å². The molecule has 2 heterocycles. The minimum Gasteiger partial charge on any atom is -0.380 e. The van der Waals surface area contributed by atoms with E-state index in [1.165, 1.54) is 11.1 Å². The molecule has 0 amide bonds. The zero-order valence-corrected chi connectivity index (χ0v) is 16.4. The molecule has 0 N–H and O–H groups in total. The molecule has 1 aromatic carbocycles. The lowest BCUT2D eigenvalue weighted by molar-refractivity contribution is -0.150. The van der Waals surface area contributed by atoms with Gasteiger partial charge in [0, 0.05) is 10.8 Å². The summed E-state index contributed by atoms with van der Waals surface area (Å²) in [6.45, 7) is 11.1. The van der Waals surface area contributed by atoms with E-state index in [0.29, 0.717) is 0 Å². The average molecular weight is 363 g/mol. The number of benzene rings is 1. The molecule has 0 spiro atoms. The Morgan fingerprint density at radius 3 is 1.38 bits per heavy atom. The Morgan fingerprint density at radius 1 is 0.731 bits per heavy atom. The van der Waals surface area contributed by atoms with E-state index in [1.54, 1.807) is 0 Å². The fraction of sp³-hybridized carbons (Fsp3) is 0.727. The van der Waals surface area contributed by atoms with Crippen LogP contribution in [0.25, 0.3) is 0 Å². The molecule has 0 radical (unpaired) electrons. The highest BCUT2D eigenvalue weighted by atomic mass is 16.5. The van der Waals surface area contributed by atoms with E-state index in [9.17, 15) is 0 Å². The molecule has 4 nitrogen and oxygen atoms in total. The molecule has 2 aliphatic rings. The Hall–Kier alpha value is -0.940. The van der Waals surface area contributed by atoms with Crippen molar-refractivity contribution < 1.29 is 18.9 Å². The van der Waals surface area contributed by atoms with Gasteiger partial charge in [-0.3, -0.25) is 0 Å².